The van der Waals surface area contributed by atoms with E-state index in [1.165, 1.54) is 173 Å². The Balaban J connectivity index is 3.77. The van der Waals surface area contributed by atoms with Crippen molar-refractivity contribution >= 4 is 17.9 Å². The van der Waals surface area contributed by atoms with Crippen LogP contribution in [0.1, 0.15) is 303 Å². The standard InChI is InChI=1S/C61H110O6/c1-4-7-10-13-15-17-18-19-20-21-22-23-24-25-26-27-28-29-30-31-32-33-34-35-36-37-38-39-40-41-42-44-45-48-51-54-60(63)66-57-58(56-65-59(62)53-50-47-12-9-6-3)67-61(64)55-52-49-46-43-16-14-11-8-5-2/h7,10,15,17,19-20,22-23,58H,4-6,8-9,11-14,16,18,21,24-57H2,1-3H3/b10-7-,17-15-,20-19-,23-22-. The zero-order valence-corrected chi connectivity index (χ0v) is 44.7. The van der Waals surface area contributed by atoms with Crippen molar-refractivity contribution in [2.24, 2.45) is 0 Å². The van der Waals surface area contributed by atoms with Gasteiger partial charge in [0.05, 0.1) is 0 Å². The largest absolute Gasteiger partial charge is 0.462 e. The molecular weight excluding hydrogens is 829 g/mol. The van der Waals surface area contributed by atoms with Gasteiger partial charge >= 0.3 is 17.9 Å². The highest BCUT2D eigenvalue weighted by molar-refractivity contribution is 5.71. The van der Waals surface area contributed by atoms with Gasteiger partial charge in [0.25, 0.3) is 0 Å². The third-order valence-electron chi connectivity index (χ3n) is 12.8. The van der Waals surface area contributed by atoms with Gasteiger partial charge in [0.15, 0.2) is 6.10 Å². The van der Waals surface area contributed by atoms with Crippen molar-refractivity contribution in [3.05, 3.63) is 48.6 Å². The summed E-state index contributed by atoms with van der Waals surface area (Å²) >= 11 is 0. The fourth-order valence-electron chi connectivity index (χ4n) is 8.49. The van der Waals surface area contributed by atoms with Crippen LogP contribution in [0.2, 0.25) is 0 Å². The molecule has 67 heavy (non-hydrogen) atoms. The summed E-state index contributed by atoms with van der Waals surface area (Å²) in [5, 5.41) is 0. The lowest BCUT2D eigenvalue weighted by atomic mass is 10.0. The summed E-state index contributed by atoms with van der Waals surface area (Å²) in [4.78, 5) is 37.6. The van der Waals surface area contributed by atoms with Crippen molar-refractivity contribution in [2.45, 2.75) is 309 Å². The van der Waals surface area contributed by atoms with Crippen LogP contribution < -0.4 is 0 Å². The van der Waals surface area contributed by atoms with E-state index in [-0.39, 0.29) is 31.1 Å². The highest BCUT2D eigenvalue weighted by atomic mass is 16.6. The highest BCUT2D eigenvalue weighted by Crippen LogP contribution is 2.17. The van der Waals surface area contributed by atoms with Gasteiger partial charge in [-0.05, 0) is 57.8 Å². The highest BCUT2D eigenvalue weighted by Gasteiger charge is 2.19. The maximum atomic E-state index is 12.6. The summed E-state index contributed by atoms with van der Waals surface area (Å²) in [6, 6.07) is 0. The molecule has 0 aliphatic carbocycles. The van der Waals surface area contributed by atoms with Gasteiger partial charge in [-0.3, -0.25) is 14.4 Å². The van der Waals surface area contributed by atoms with Crippen LogP contribution in [0.15, 0.2) is 48.6 Å². The second-order valence-corrected chi connectivity index (χ2v) is 19.5. The summed E-state index contributed by atoms with van der Waals surface area (Å²) in [5.74, 6) is -0.872. The fraction of sp³-hybridized carbons (Fsp3) is 0.820. The molecule has 0 spiro atoms. The third kappa shape index (κ3) is 54.2. The molecule has 6 nitrogen and oxygen atoms in total. The van der Waals surface area contributed by atoms with E-state index < -0.39 is 6.10 Å². The number of hydrogen-bond donors (Lipinski definition) is 0. The van der Waals surface area contributed by atoms with Crippen LogP contribution in [-0.2, 0) is 28.6 Å². The summed E-state index contributed by atoms with van der Waals surface area (Å²) in [5.41, 5.74) is 0. The SMILES string of the molecule is CC/C=C\C/C=C\C/C=C\C/C=C\CCCCCCCCCCCCCCCCCCCCCCCCC(=O)OCC(COC(=O)CCCCCCC)OC(=O)CCCCCCCCCCC. The van der Waals surface area contributed by atoms with Gasteiger partial charge in [-0.2, -0.15) is 0 Å². The Morgan fingerprint density at radius 3 is 0.910 bits per heavy atom. The van der Waals surface area contributed by atoms with E-state index in [1.54, 1.807) is 0 Å². The van der Waals surface area contributed by atoms with E-state index in [2.05, 4.69) is 69.4 Å². The molecule has 0 radical (unpaired) electrons. The zero-order chi connectivity index (χ0) is 48.6. The van der Waals surface area contributed by atoms with E-state index in [1.807, 2.05) is 0 Å². The van der Waals surface area contributed by atoms with Crippen LogP contribution in [0, 0.1) is 0 Å². The molecule has 0 rings (SSSR count). The van der Waals surface area contributed by atoms with Crippen LogP contribution in [0.25, 0.3) is 0 Å². The molecule has 0 heterocycles. The molecule has 0 N–H and O–H groups in total. The molecular formula is C61H110O6. The number of ether oxygens (including phenoxy) is 3. The Hall–Kier alpha value is -2.63. The minimum absolute atomic E-state index is 0.0675. The van der Waals surface area contributed by atoms with Gasteiger partial charge in [-0.15, -0.1) is 0 Å². The van der Waals surface area contributed by atoms with Crippen LogP contribution in [0.5, 0.6) is 0 Å². The van der Waals surface area contributed by atoms with Gasteiger partial charge in [0, 0.05) is 19.3 Å². The van der Waals surface area contributed by atoms with E-state index in [0.29, 0.717) is 19.3 Å². The Kier molecular flexibility index (Phi) is 53.8. The first-order valence-corrected chi connectivity index (χ1v) is 29.1. The van der Waals surface area contributed by atoms with Crippen LogP contribution in [-0.4, -0.2) is 37.2 Å². The van der Waals surface area contributed by atoms with Gasteiger partial charge < -0.3 is 14.2 Å². The first-order valence-electron chi connectivity index (χ1n) is 29.1. The molecule has 0 bridgehead atoms. The van der Waals surface area contributed by atoms with Crippen molar-refractivity contribution in [3.63, 3.8) is 0 Å². The molecule has 6 heteroatoms. The second-order valence-electron chi connectivity index (χ2n) is 19.5. The van der Waals surface area contributed by atoms with Crippen molar-refractivity contribution in [2.75, 3.05) is 13.2 Å². The Labute approximate surface area is 416 Å². The summed E-state index contributed by atoms with van der Waals surface area (Å²) in [6.45, 7) is 6.44. The number of carbonyl (C=O) groups excluding carboxylic acids is 3. The number of hydrogen-bond acceptors (Lipinski definition) is 6. The van der Waals surface area contributed by atoms with Gasteiger partial charge in [0.2, 0.25) is 0 Å². The Morgan fingerprint density at radius 1 is 0.313 bits per heavy atom. The van der Waals surface area contributed by atoms with Crippen molar-refractivity contribution in [1.82, 2.24) is 0 Å². The van der Waals surface area contributed by atoms with Crippen molar-refractivity contribution < 1.29 is 28.6 Å². The molecule has 0 fully saturated rings. The molecule has 0 aromatic carbocycles. The number of allylic oxidation sites excluding steroid dienone is 8. The van der Waals surface area contributed by atoms with Crippen molar-refractivity contribution in [1.29, 1.82) is 0 Å². The maximum absolute atomic E-state index is 12.6. The number of carbonyl (C=O) groups is 3. The molecule has 0 amide bonds. The summed E-state index contributed by atoms with van der Waals surface area (Å²) in [6.07, 6.45) is 69.1. The monoisotopic (exact) mass is 939 g/mol. The number of esters is 3. The molecule has 0 saturated heterocycles. The molecule has 0 aromatic heterocycles. The smallest absolute Gasteiger partial charge is 0.306 e. The van der Waals surface area contributed by atoms with Crippen LogP contribution >= 0.6 is 0 Å². The lowest BCUT2D eigenvalue weighted by molar-refractivity contribution is -0.167. The minimum atomic E-state index is -0.761. The summed E-state index contributed by atoms with van der Waals surface area (Å²) in [7, 11) is 0. The average Bonchev–Trinajstić information content (AvgIpc) is 3.33. The van der Waals surface area contributed by atoms with Gasteiger partial charge in [-0.25, -0.2) is 0 Å². The van der Waals surface area contributed by atoms with Gasteiger partial charge in [-0.1, -0.05) is 275 Å². The lowest BCUT2D eigenvalue weighted by Gasteiger charge is -2.18. The number of unbranched alkanes of at least 4 members (excludes halogenated alkanes) is 34. The predicted molar refractivity (Wildman–Crippen MR) is 289 cm³/mol. The molecule has 0 saturated carbocycles. The summed E-state index contributed by atoms with van der Waals surface area (Å²) < 4.78 is 16.6. The Morgan fingerprint density at radius 2 is 0.582 bits per heavy atom. The van der Waals surface area contributed by atoms with E-state index in [4.69, 9.17) is 14.2 Å². The molecule has 1 unspecified atom stereocenters. The first-order chi connectivity index (χ1) is 33.0. The molecule has 0 aliphatic heterocycles. The van der Waals surface area contributed by atoms with E-state index >= 15 is 0 Å². The zero-order valence-electron chi connectivity index (χ0n) is 44.7. The predicted octanol–water partition coefficient (Wildman–Crippen LogP) is 19.4. The Bertz CT molecular complexity index is 1170. The van der Waals surface area contributed by atoms with E-state index in [0.717, 1.165) is 89.9 Å². The molecule has 0 aliphatic rings. The van der Waals surface area contributed by atoms with Gasteiger partial charge in [0.1, 0.15) is 13.2 Å². The van der Waals surface area contributed by atoms with Crippen LogP contribution in [0.4, 0.5) is 0 Å². The fourth-order valence-corrected chi connectivity index (χ4v) is 8.49. The van der Waals surface area contributed by atoms with E-state index in [9.17, 15) is 14.4 Å². The van der Waals surface area contributed by atoms with Crippen LogP contribution in [0.3, 0.4) is 0 Å². The average molecular weight is 940 g/mol. The lowest BCUT2D eigenvalue weighted by Crippen LogP contribution is -2.30. The quantitative estimate of drug-likeness (QED) is 0.0262. The van der Waals surface area contributed by atoms with Crippen molar-refractivity contribution in [3.8, 4) is 0 Å². The minimum Gasteiger partial charge on any atom is -0.462 e. The topological polar surface area (TPSA) is 78.9 Å². The molecule has 0 aromatic rings. The normalized spacial score (nSPS) is 12.3. The maximum Gasteiger partial charge on any atom is 0.306 e. The molecule has 390 valence electrons. The third-order valence-corrected chi connectivity index (χ3v) is 12.8. The first kappa shape index (κ1) is 64.4. The second kappa shape index (κ2) is 56.0. The number of rotatable bonds is 53. The molecule has 1 atom stereocenters.